The fraction of sp³-hybridized carbons (Fsp3) is 0.429. The summed E-state index contributed by atoms with van der Waals surface area (Å²) in [5, 5.41) is 4.13. The monoisotopic (exact) mass is 392 g/mol. The fourth-order valence-corrected chi connectivity index (χ4v) is 4.79. The third-order valence-corrected chi connectivity index (χ3v) is 6.31. The van der Waals surface area contributed by atoms with E-state index < -0.39 is 0 Å². The van der Waals surface area contributed by atoms with Crippen molar-refractivity contribution in [1.29, 1.82) is 0 Å². The Morgan fingerprint density at radius 1 is 1.28 bits per heavy atom. The second-order valence-electron chi connectivity index (χ2n) is 8.10. The van der Waals surface area contributed by atoms with E-state index >= 15 is 0 Å². The summed E-state index contributed by atoms with van der Waals surface area (Å²) in [6, 6.07) is 3.96. The molecule has 2 aliphatic heterocycles. The number of H-pyrrole nitrogens is 1. The van der Waals surface area contributed by atoms with Crippen molar-refractivity contribution in [2.24, 2.45) is 0 Å². The van der Waals surface area contributed by atoms with Crippen LogP contribution in [0.2, 0.25) is 0 Å². The number of aromatic amines is 1. The number of fused-ring (bicyclic) bond motifs is 3. The van der Waals surface area contributed by atoms with Gasteiger partial charge in [-0.3, -0.25) is 9.59 Å². The Balaban J connectivity index is 1.27. The molecular formula is C21H24N6O2. The Labute approximate surface area is 168 Å². The average molecular weight is 392 g/mol. The molecule has 3 aromatic heterocycles. The number of carbonyl (C=O) groups excluding carboxylic acids is 2. The first-order valence-electron chi connectivity index (χ1n) is 10.1. The van der Waals surface area contributed by atoms with Crippen molar-refractivity contribution < 1.29 is 9.59 Å². The van der Waals surface area contributed by atoms with Gasteiger partial charge in [0.25, 0.3) is 5.91 Å². The molecule has 5 rings (SSSR count). The van der Waals surface area contributed by atoms with Crippen molar-refractivity contribution in [1.82, 2.24) is 29.7 Å². The number of aromatic nitrogens is 4. The maximum atomic E-state index is 13.2. The van der Waals surface area contributed by atoms with Gasteiger partial charge in [0.15, 0.2) is 0 Å². The first-order valence-corrected chi connectivity index (χ1v) is 10.1. The lowest BCUT2D eigenvalue weighted by atomic mass is 9.96. The normalized spacial score (nSPS) is 24.6. The molecule has 3 aromatic rings. The van der Waals surface area contributed by atoms with Crippen LogP contribution in [0.5, 0.6) is 0 Å². The Hall–Kier alpha value is -3.16. The first-order chi connectivity index (χ1) is 14.1. The van der Waals surface area contributed by atoms with Crippen molar-refractivity contribution >= 4 is 22.8 Å². The molecule has 2 saturated heterocycles. The lowest BCUT2D eigenvalue weighted by Gasteiger charge is -2.39. The summed E-state index contributed by atoms with van der Waals surface area (Å²) in [4.78, 5) is 39.3. The Morgan fingerprint density at radius 2 is 2.07 bits per heavy atom. The second-order valence-corrected chi connectivity index (χ2v) is 8.10. The molecule has 8 heteroatoms. The highest BCUT2D eigenvalue weighted by Crippen LogP contribution is 2.37. The van der Waals surface area contributed by atoms with Gasteiger partial charge >= 0.3 is 0 Å². The lowest BCUT2D eigenvalue weighted by Crippen LogP contribution is -2.53. The van der Waals surface area contributed by atoms with Gasteiger partial charge in [-0.05, 0) is 44.7 Å². The number of imidazole rings is 1. The Morgan fingerprint density at radius 3 is 2.79 bits per heavy atom. The number of hydrogen-bond acceptors (Lipinski definition) is 4. The van der Waals surface area contributed by atoms with Gasteiger partial charge in [-0.25, -0.2) is 9.97 Å². The number of piperidine rings is 1. The highest BCUT2D eigenvalue weighted by Gasteiger charge is 2.44. The predicted molar refractivity (Wildman–Crippen MR) is 107 cm³/mol. The van der Waals surface area contributed by atoms with Crippen LogP contribution in [0.25, 0.3) is 11.0 Å². The van der Waals surface area contributed by atoms with Gasteiger partial charge < -0.3 is 19.8 Å². The number of hydrogen-bond donors (Lipinski definition) is 2. The van der Waals surface area contributed by atoms with Crippen molar-refractivity contribution in [3.8, 4) is 0 Å². The zero-order valence-electron chi connectivity index (χ0n) is 16.3. The minimum atomic E-state index is -0.297. The summed E-state index contributed by atoms with van der Waals surface area (Å²) < 4.78 is 1.80. The van der Waals surface area contributed by atoms with Gasteiger partial charge in [0.05, 0.1) is 11.9 Å². The van der Waals surface area contributed by atoms with Crippen LogP contribution in [0.15, 0.2) is 43.2 Å². The summed E-state index contributed by atoms with van der Waals surface area (Å²) in [5.74, 6) is 0.0407. The van der Waals surface area contributed by atoms with E-state index in [2.05, 4.69) is 20.3 Å². The summed E-state index contributed by atoms with van der Waals surface area (Å²) in [7, 11) is 0. The Bertz CT molecular complexity index is 1030. The smallest absolute Gasteiger partial charge is 0.255 e. The number of carbonyl (C=O) groups is 2. The highest BCUT2D eigenvalue weighted by atomic mass is 16.2. The topological polar surface area (TPSA) is 95.9 Å². The van der Waals surface area contributed by atoms with Crippen molar-refractivity contribution in [2.75, 3.05) is 0 Å². The average Bonchev–Trinajstić information content (AvgIpc) is 3.46. The highest BCUT2D eigenvalue weighted by molar-refractivity contribution is 5.97. The van der Waals surface area contributed by atoms with Crippen molar-refractivity contribution in [2.45, 2.75) is 56.8 Å². The van der Waals surface area contributed by atoms with Crippen LogP contribution >= 0.6 is 0 Å². The minimum absolute atomic E-state index is 0.00529. The molecule has 0 spiro atoms. The van der Waals surface area contributed by atoms with Gasteiger partial charge in [0.2, 0.25) is 5.91 Å². The van der Waals surface area contributed by atoms with Gasteiger partial charge in [0.1, 0.15) is 11.7 Å². The molecule has 2 N–H and O–H groups in total. The van der Waals surface area contributed by atoms with Gasteiger partial charge in [0, 0.05) is 48.3 Å². The van der Waals surface area contributed by atoms with E-state index in [0.717, 1.165) is 36.7 Å². The van der Waals surface area contributed by atoms with Gasteiger partial charge in [-0.1, -0.05) is 0 Å². The van der Waals surface area contributed by atoms with E-state index in [1.807, 2.05) is 30.2 Å². The standard InChI is InChI=1S/C21H24N6O2/c1-13(26-7-6-22-12-26)20(28)25-16-9-17-2-3-18(10-16)27(17)21(29)15-8-14-4-5-23-19(14)24-11-15/h4-8,11-13,16-18H,2-3,9-10H2,1H3,(H,23,24)(H,25,28). The zero-order chi connectivity index (χ0) is 20.0. The van der Waals surface area contributed by atoms with Crippen LogP contribution in [-0.2, 0) is 4.79 Å². The summed E-state index contributed by atoms with van der Waals surface area (Å²) in [6.07, 6.45) is 12.2. The van der Waals surface area contributed by atoms with E-state index in [1.54, 1.807) is 29.5 Å². The molecule has 3 unspecified atom stereocenters. The van der Waals surface area contributed by atoms with E-state index in [1.165, 1.54) is 0 Å². The molecule has 0 aliphatic carbocycles. The molecule has 2 fully saturated rings. The molecule has 0 aromatic carbocycles. The third-order valence-electron chi connectivity index (χ3n) is 6.31. The molecule has 150 valence electrons. The number of nitrogens with one attached hydrogen (secondary N) is 2. The molecule has 2 bridgehead atoms. The summed E-state index contributed by atoms with van der Waals surface area (Å²) >= 11 is 0. The molecule has 29 heavy (non-hydrogen) atoms. The molecule has 8 nitrogen and oxygen atoms in total. The van der Waals surface area contributed by atoms with Crippen LogP contribution in [0, 0.1) is 0 Å². The predicted octanol–water partition coefficient (Wildman–Crippen LogP) is 2.27. The van der Waals surface area contributed by atoms with Gasteiger partial charge in [-0.15, -0.1) is 0 Å². The quantitative estimate of drug-likeness (QED) is 0.712. The number of amides is 2. The molecule has 2 amide bonds. The van der Waals surface area contributed by atoms with Crippen LogP contribution in [0.4, 0.5) is 0 Å². The lowest BCUT2D eigenvalue weighted by molar-refractivity contribution is -0.125. The van der Waals surface area contributed by atoms with Crippen LogP contribution < -0.4 is 5.32 Å². The van der Waals surface area contributed by atoms with E-state index in [0.29, 0.717) is 5.56 Å². The molecule has 2 aliphatic rings. The molecule has 3 atom stereocenters. The van der Waals surface area contributed by atoms with E-state index in [-0.39, 0.29) is 36.0 Å². The van der Waals surface area contributed by atoms with Crippen LogP contribution in [0.3, 0.4) is 0 Å². The second kappa shape index (κ2) is 7.02. The molecule has 0 radical (unpaired) electrons. The minimum Gasteiger partial charge on any atom is -0.351 e. The first kappa shape index (κ1) is 17.9. The SMILES string of the molecule is CC(C(=O)NC1CC2CCC(C1)N2C(=O)c1cnc2[nH]ccc2c1)n1ccnc1. The summed E-state index contributed by atoms with van der Waals surface area (Å²) in [5.41, 5.74) is 1.42. The zero-order valence-corrected chi connectivity index (χ0v) is 16.3. The maximum absolute atomic E-state index is 13.2. The maximum Gasteiger partial charge on any atom is 0.255 e. The number of pyridine rings is 1. The molecule has 5 heterocycles. The van der Waals surface area contributed by atoms with Crippen LogP contribution in [0.1, 0.15) is 49.0 Å². The third kappa shape index (κ3) is 3.18. The van der Waals surface area contributed by atoms with Crippen molar-refractivity contribution in [3.63, 3.8) is 0 Å². The number of rotatable bonds is 4. The largest absolute Gasteiger partial charge is 0.351 e. The Kier molecular flexibility index (Phi) is 4.34. The molecule has 0 saturated carbocycles. The van der Waals surface area contributed by atoms with E-state index in [4.69, 9.17) is 0 Å². The molecular weight excluding hydrogens is 368 g/mol. The van der Waals surface area contributed by atoms with Gasteiger partial charge in [-0.2, -0.15) is 0 Å². The van der Waals surface area contributed by atoms with Crippen LogP contribution in [-0.4, -0.2) is 54.4 Å². The van der Waals surface area contributed by atoms with Crippen molar-refractivity contribution in [3.05, 3.63) is 48.8 Å². The number of nitrogens with zero attached hydrogens (tertiary/aromatic N) is 4. The fourth-order valence-electron chi connectivity index (χ4n) is 4.79. The summed E-state index contributed by atoms with van der Waals surface area (Å²) in [6.45, 7) is 1.87. The van der Waals surface area contributed by atoms with E-state index in [9.17, 15) is 9.59 Å².